The van der Waals surface area contributed by atoms with Gasteiger partial charge in [0.15, 0.2) is 6.10 Å². The van der Waals surface area contributed by atoms with Crippen molar-refractivity contribution in [2.75, 3.05) is 5.32 Å². The molecule has 20 heavy (non-hydrogen) atoms. The fourth-order valence-electron chi connectivity index (χ4n) is 1.61. The third kappa shape index (κ3) is 4.19. The van der Waals surface area contributed by atoms with Crippen molar-refractivity contribution >= 4 is 34.2 Å². The van der Waals surface area contributed by atoms with Crippen molar-refractivity contribution in [1.82, 2.24) is 0 Å². The zero-order valence-electron chi connectivity index (χ0n) is 10.8. The lowest BCUT2D eigenvalue weighted by Crippen LogP contribution is -2.30. The molecular formula is C15H13FINO2. The van der Waals surface area contributed by atoms with E-state index >= 15 is 0 Å². The molecule has 0 aliphatic carbocycles. The minimum Gasteiger partial charge on any atom is -0.481 e. The van der Waals surface area contributed by atoms with Gasteiger partial charge in [0, 0.05) is 15.3 Å². The summed E-state index contributed by atoms with van der Waals surface area (Å²) in [5.41, 5.74) is 0.705. The number of hydrogen-bond acceptors (Lipinski definition) is 2. The third-order valence-electron chi connectivity index (χ3n) is 2.57. The summed E-state index contributed by atoms with van der Waals surface area (Å²) < 4.78 is 19.5. The number of carbonyl (C=O) groups excluding carboxylic acids is 1. The van der Waals surface area contributed by atoms with Crippen LogP contribution in [0.25, 0.3) is 0 Å². The Morgan fingerprint density at radius 2 is 2.00 bits per heavy atom. The van der Waals surface area contributed by atoms with Gasteiger partial charge in [0.05, 0.1) is 0 Å². The van der Waals surface area contributed by atoms with Gasteiger partial charge in [-0.15, -0.1) is 0 Å². The van der Waals surface area contributed by atoms with Crippen LogP contribution in [0.2, 0.25) is 0 Å². The molecule has 2 aromatic rings. The van der Waals surface area contributed by atoms with Crippen LogP contribution in [0.3, 0.4) is 0 Å². The molecule has 0 aliphatic heterocycles. The Hall–Kier alpha value is -1.63. The van der Waals surface area contributed by atoms with Crippen LogP contribution in [0.4, 0.5) is 10.1 Å². The lowest BCUT2D eigenvalue weighted by Gasteiger charge is -2.14. The molecule has 1 amide bonds. The summed E-state index contributed by atoms with van der Waals surface area (Å²) in [6.45, 7) is 1.62. The third-order valence-corrected chi connectivity index (χ3v) is 3.24. The summed E-state index contributed by atoms with van der Waals surface area (Å²) in [4.78, 5) is 12.0. The van der Waals surface area contributed by atoms with Crippen LogP contribution in [0, 0.1) is 9.39 Å². The first-order valence-electron chi connectivity index (χ1n) is 6.03. The van der Waals surface area contributed by atoms with Crippen LogP contribution in [0.5, 0.6) is 5.75 Å². The van der Waals surface area contributed by atoms with Crippen molar-refractivity contribution < 1.29 is 13.9 Å². The highest BCUT2D eigenvalue weighted by Crippen LogP contribution is 2.16. The molecule has 2 rings (SSSR count). The Balaban J connectivity index is 1.98. The molecule has 104 valence electrons. The second kappa shape index (κ2) is 6.69. The van der Waals surface area contributed by atoms with Crippen molar-refractivity contribution in [1.29, 1.82) is 0 Å². The van der Waals surface area contributed by atoms with Gasteiger partial charge in [-0.1, -0.05) is 12.1 Å². The predicted molar refractivity (Wildman–Crippen MR) is 84.3 cm³/mol. The number of hydrogen-bond donors (Lipinski definition) is 1. The molecule has 0 heterocycles. The van der Waals surface area contributed by atoms with Gasteiger partial charge in [-0.2, -0.15) is 0 Å². The second-order valence-electron chi connectivity index (χ2n) is 4.22. The molecule has 0 aromatic heterocycles. The molecule has 0 saturated heterocycles. The highest BCUT2D eigenvalue weighted by Gasteiger charge is 2.15. The summed E-state index contributed by atoms with van der Waals surface area (Å²) in [6, 6.07) is 13.2. The molecule has 1 atom stereocenters. The Morgan fingerprint density at radius 1 is 1.25 bits per heavy atom. The molecular weight excluding hydrogens is 372 g/mol. The SMILES string of the molecule is CC(Oc1cccc(F)c1)C(=O)Nc1cccc(I)c1. The van der Waals surface area contributed by atoms with Gasteiger partial charge in [0.2, 0.25) is 0 Å². The Morgan fingerprint density at radius 3 is 2.70 bits per heavy atom. The molecule has 3 nitrogen and oxygen atoms in total. The molecule has 0 aliphatic rings. The normalized spacial score (nSPS) is 11.8. The van der Waals surface area contributed by atoms with Gasteiger partial charge in [-0.05, 0) is 59.8 Å². The van der Waals surface area contributed by atoms with Gasteiger partial charge in [-0.25, -0.2) is 4.39 Å². The minimum absolute atomic E-state index is 0.281. The summed E-state index contributed by atoms with van der Waals surface area (Å²) >= 11 is 2.17. The molecule has 2 aromatic carbocycles. The fourth-order valence-corrected chi connectivity index (χ4v) is 2.15. The van der Waals surface area contributed by atoms with Gasteiger partial charge < -0.3 is 10.1 Å². The van der Waals surface area contributed by atoms with Gasteiger partial charge >= 0.3 is 0 Å². The lowest BCUT2D eigenvalue weighted by molar-refractivity contribution is -0.122. The van der Waals surface area contributed by atoms with E-state index in [2.05, 4.69) is 27.9 Å². The van der Waals surface area contributed by atoms with Crippen molar-refractivity contribution in [3.05, 3.63) is 57.9 Å². The van der Waals surface area contributed by atoms with E-state index in [1.54, 1.807) is 19.1 Å². The van der Waals surface area contributed by atoms with Gasteiger partial charge in [0.1, 0.15) is 11.6 Å². The maximum absolute atomic E-state index is 13.0. The topological polar surface area (TPSA) is 38.3 Å². The van der Waals surface area contributed by atoms with E-state index in [0.717, 1.165) is 3.57 Å². The Bertz CT molecular complexity index is 618. The molecule has 0 spiro atoms. The Kier molecular flexibility index (Phi) is 4.94. The summed E-state index contributed by atoms with van der Waals surface area (Å²) in [5.74, 6) is -0.348. The monoisotopic (exact) mass is 385 g/mol. The number of nitrogens with one attached hydrogen (secondary N) is 1. The number of rotatable bonds is 4. The number of amides is 1. The Labute approximate surface area is 130 Å². The van der Waals surface area contributed by atoms with Crippen LogP contribution < -0.4 is 10.1 Å². The first kappa shape index (κ1) is 14.8. The van der Waals surface area contributed by atoms with Crippen LogP contribution in [-0.4, -0.2) is 12.0 Å². The van der Waals surface area contributed by atoms with Crippen molar-refractivity contribution in [3.8, 4) is 5.75 Å². The molecule has 1 N–H and O–H groups in total. The van der Waals surface area contributed by atoms with E-state index in [4.69, 9.17) is 4.74 Å². The maximum atomic E-state index is 13.0. The van der Waals surface area contributed by atoms with Crippen molar-refractivity contribution in [3.63, 3.8) is 0 Å². The molecule has 0 bridgehead atoms. The van der Waals surface area contributed by atoms with Crippen molar-refractivity contribution in [2.24, 2.45) is 0 Å². The zero-order chi connectivity index (χ0) is 14.5. The molecule has 1 unspecified atom stereocenters. The summed E-state index contributed by atoms with van der Waals surface area (Å²) in [5, 5.41) is 2.75. The molecule has 0 saturated carbocycles. The zero-order valence-corrected chi connectivity index (χ0v) is 12.9. The van der Waals surface area contributed by atoms with Gasteiger partial charge in [0.25, 0.3) is 5.91 Å². The van der Waals surface area contributed by atoms with Crippen LogP contribution in [-0.2, 0) is 4.79 Å². The van der Waals surface area contributed by atoms with E-state index in [0.29, 0.717) is 11.4 Å². The number of benzene rings is 2. The average Bonchev–Trinajstić information content (AvgIpc) is 2.38. The highest BCUT2D eigenvalue weighted by atomic mass is 127. The van der Waals surface area contributed by atoms with E-state index < -0.39 is 11.9 Å². The number of anilines is 1. The van der Waals surface area contributed by atoms with E-state index in [-0.39, 0.29) is 5.91 Å². The van der Waals surface area contributed by atoms with Crippen LogP contribution in [0.15, 0.2) is 48.5 Å². The van der Waals surface area contributed by atoms with Crippen LogP contribution >= 0.6 is 22.6 Å². The first-order chi connectivity index (χ1) is 9.54. The largest absolute Gasteiger partial charge is 0.481 e. The van der Waals surface area contributed by atoms with Gasteiger partial charge in [-0.3, -0.25) is 4.79 Å². The standard InChI is InChI=1S/C15H13FINO2/c1-10(20-14-7-2-4-11(16)8-14)15(19)18-13-6-3-5-12(17)9-13/h2-10H,1H3,(H,18,19). The van der Waals surface area contributed by atoms with Crippen molar-refractivity contribution in [2.45, 2.75) is 13.0 Å². The molecule has 0 fully saturated rings. The maximum Gasteiger partial charge on any atom is 0.265 e. The number of carbonyl (C=O) groups is 1. The molecule has 5 heteroatoms. The van der Waals surface area contributed by atoms with E-state index in [1.165, 1.54) is 18.2 Å². The smallest absolute Gasteiger partial charge is 0.265 e. The molecule has 0 radical (unpaired) electrons. The van der Waals surface area contributed by atoms with E-state index in [9.17, 15) is 9.18 Å². The fraction of sp³-hybridized carbons (Fsp3) is 0.133. The minimum atomic E-state index is -0.713. The number of ether oxygens (including phenoxy) is 1. The van der Waals surface area contributed by atoms with Crippen LogP contribution in [0.1, 0.15) is 6.92 Å². The average molecular weight is 385 g/mol. The van der Waals surface area contributed by atoms with E-state index in [1.807, 2.05) is 18.2 Å². The summed E-state index contributed by atoms with van der Waals surface area (Å²) in [6.07, 6.45) is -0.713. The number of halogens is 2. The summed E-state index contributed by atoms with van der Waals surface area (Å²) in [7, 11) is 0. The predicted octanol–water partition coefficient (Wildman–Crippen LogP) is 3.84. The lowest BCUT2D eigenvalue weighted by atomic mass is 10.3. The quantitative estimate of drug-likeness (QED) is 0.813. The highest BCUT2D eigenvalue weighted by molar-refractivity contribution is 14.1. The second-order valence-corrected chi connectivity index (χ2v) is 5.46. The first-order valence-corrected chi connectivity index (χ1v) is 7.11.